The zero-order valence-electron chi connectivity index (χ0n) is 24.9. The lowest BCUT2D eigenvalue weighted by molar-refractivity contribution is -0.0893. The van der Waals surface area contributed by atoms with Crippen molar-refractivity contribution in [2.24, 2.45) is 5.92 Å². The SMILES string of the molecule is C=Cc1ccc(N(C)/C=C(/NC(=O)c2coc(-c3ccnc(N(CC4CC4)C(=O)OC(C)(C)C)c3)n2)C(=C)C(F)(F)F)cc1. The van der Waals surface area contributed by atoms with Crippen molar-refractivity contribution in [2.75, 3.05) is 23.4 Å². The average molecular weight is 610 g/mol. The quantitative estimate of drug-likeness (QED) is 0.240. The van der Waals surface area contributed by atoms with E-state index in [0.29, 0.717) is 29.5 Å². The molecule has 2 aromatic heterocycles. The molecule has 2 heterocycles. The number of carbonyl (C=O) groups excluding carboxylic acids is 2. The molecule has 44 heavy (non-hydrogen) atoms. The van der Waals surface area contributed by atoms with Crippen molar-refractivity contribution in [1.82, 2.24) is 15.3 Å². The number of hydrogen-bond acceptors (Lipinski definition) is 7. The molecular formula is C32H34F3N5O4. The number of allylic oxidation sites excluding steroid dienone is 1. The summed E-state index contributed by atoms with van der Waals surface area (Å²) in [4.78, 5) is 37.4. The molecule has 1 fully saturated rings. The molecule has 1 aliphatic carbocycles. The summed E-state index contributed by atoms with van der Waals surface area (Å²) >= 11 is 0. The number of nitrogens with one attached hydrogen (secondary N) is 1. The predicted octanol–water partition coefficient (Wildman–Crippen LogP) is 7.36. The number of carbonyl (C=O) groups is 2. The van der Waals surface area contributed by atoms with Crippen LogP contribution >= 0.6 is 0 Å². The van der Waals surface area contributed by atoms with Crippen LogP contribution in [0.15, 0.2) is 83.9 Å². The molecule has 0 atom stereocenters. The number of oxazole rings is 1. The van der Waals surface area contributed by atoms with Crippen LogP contribution in [-0.2, 0) is 4.74 Å². The van der Waals surface area contributed by atoms with E-state index in [1.165, 1.54) is 23.0 Å². The highest BCUT2D eigenvalue weighted by Crippen LogP contribution is 2.33. The third kappa shape index (κ3) is 8.36. The van der Waals surface area contributed by atoms with Crippen LogP contribution < -0.4 is 15.1 Å². The van der Waals surface area contributed by atoms with Crippen molar-refractivity contribution in [3.05, 3.63) is 90.7 Å². The maximum atomic E-state index is 13.7. The number of hydrogen-bond donors (Lipinski definition) is 1. The number of amides is 2. The molecule has 1 N–H and O–H groups in total. The summed E-state index contributed by atoms with van der Waals surface area (Å²) in [6.07, 6.45) is 1.88. The van der Waals surface area contributed by atoms with E-state index in [4.69, 9.17) is 9.15 Å². The largest absolute Gasteiger partial charge is 0.444 e. The minimum atomic E-state index is -4.81. The number of nitrogens with zero attached hydrogens (tertiary/aromatic N) is 4. The van der Waals surface area contributed by atoms with Crippen LogP contribution in [0.1, 0.15) is 49.7 Å². The number of rotatable bonds is 10. The van der Waals surface area contributed by atoms with E-state index in [1.54, 1.807) is 63.2 Å². The van der Waals surface area contributed by atoms with E-state index in [9.17, 15) is 22.8 Å². The summed E-state index contributed by atoms with van der Waals surface area (Å²) in [5, 5.41) is 2.26. The third-order valence-electron chi connectivity index (χ3n) is 6.53. The minimum absolute atomic E-state index is 0.00830. The molecule has 4 rings (SSSR count). The molecule has 0 bridgehead atoms. The Labute approximate surface area is 253 Å². The molecule has 12 heteroatoms. The fourth-order valence-corrected chi connectivity index (χ4v) is 3.99. The Balaban J connectivity index is 1.56. The molecule has 0 saturated heterocycles. The molecule has 1 aliphatic rings. The van der Waals surface area contributed by atoms with Gasteiger partial charge in [0, 0.05) is 37.2 Å². The van der Waals surface area contributed by atoms with Crippen molar-refractivity contribution >= 4 is 29.6 Å². The van der Waals surface area contributed by atoms with Crippen LogP contribution in [0.2, 0.25) is 0 Å². The van der Waals surface area contributed by atoms with Crippen molar-refractivity contribution < 1.29 is 31.9 Å². The lowest BCUT2D eigenvalue weighted by Crippen LogP contribution is -2.38. The molecule has 3 aromatic rings. The van der Waals surface area contributed by atoms with E-state index in [-0.39, 0.29) is 11.6 Å². The van der Waals surface area contributed by atoms with Crippen molar-refractivity contribution in [3.8, 4) is 11.5 Å². The van der Waals surface area contributed by atoms with Crippen molar-refractivity contribution in [1.29, 1.82) is 0 Å². The van der Waals surface area contributed by atoms with E-state index >= 15 is 0 Å². The Morgan fingerprint density at radius 1 is 1.16 bits per heavy atom. The number of alkyl halides is 3. The topological polar surface area (TPSA) is 101 Å². The van der Waals surface area contributed by atoms with Crippen LogP contribution in [-0.4, -0.2) is 47.3 Å². The van der Waals surface area contributed by atoms with Gasteiger partial charge in [-0.25, -0.2) is 14.8 Å². The second-order valence-corrected chi connectivity index (χ2v) is 11.4. The summed E-state index contributed by atoms with van der Waals surface area (Å²) in [6.45, 7) is 12.6. The Kier molecular flexibility index (Phi) is 9.31. The standard InChI is InChI=1S/C32H34F3N5O4/c1-7-21-10-12-24(13-11-21)39(6)18-25(20(2)32(33,34)35)37-28(41)26-19-43-29(38-26)23-14-15-36-27(16-23)40(17-22-8-9-22)30(42)44-31(3,4)5/h7,10-16,18-19,22H,1-2,8-9,17H2,3-6H3,(H,37,41)/b25-18+. The molecular weight excluding hydrogens is 575 g/mol. The number of aromatic nitrogens is 2. The normalized spacial score (nSPS) is 13.7. The number of benzene rings is 1. The molecule has 0 spiro atoms. The fraction of sp³-hybridized carbons (Fsp3) is 0.312. The first kappa shape index (κ1) is 32.1. The molecule has 2 amide bonds. The van der Waals surface area contributed by atoms with E-state index in [1.807, 2.05) is 0 Å². The van der Waals surface area contributed by atoms with Gasteiger partial charge in [0.25, 0.3) is 5.91 Å². The molecule has 1 saturated carbocycles. The second-order valence-electron chi connectivity index (χ2n) is 11.4. The first-order valence-corrected chi connectivity index (χ1v) is 13.8. The number of ether oxygens (including phenoxy) is 1. The van der Waals surface area contributed by atoms with Crippen LogP contribution in [0.4, 0.5) is 29.5 Å². The van der Waals surface area contributed by atoms with Crippen molar-refractivity contribution in [2.45, 2.75) is 45.4 Å². The Bertz CT molecular complexity index is 1570. The monoisotopic (exact) mass is 609 g/mol. The summed E-state index contributed by atoms with van der Waals surface area (Å²) in [7, 11) is 1.54. The van der Waals surface area contributed by atoms with Gasteiger partial charge >= 0.3 is 12.3 Å². The van der Waals surface area contributed by atoms with E-state index in [2.05, 4.69) is 28.4 Å². The predicted molar refractivity (Wildman–Crippen MR) is 162 cm³/mol. The number of pyridine rings is 1. The maximum absolute atomic E-state index is 13.7. The first-order valence-electron chi connectivity index (χ1n) is 13.8. The van der Waals surface area contributed by atoms with Crippen LogP contribution in [0.25, 0.3) is 17.5 Å². The molecule has 232 valence electrons. The number of anilines is 2. The summed E-state index contributed by atoms with van der Waals surface area (Å²) in [5.41, 5.74) is -0.991. The summed E-state index contributed by atoms with van der Waals surface area (Å²) in [6, 6.07) is 10.1. The molecule has 1 aromatic carbocycles. The zero-order chi connectivity index (χ0) is 32.2. The fourth-order valence-electron chi connectivity index (χ4n) is 3.99. The van der Waals surface area contributed by atoms with Gasteiger partial charge < -0.3 is 19.4 Å². The average Bonchev–Trinajstić information content (AvgIpc) is 3.65. The first-order chi connectivity index (χ1) is 20.6. The Morgan fingerprint density at radius 3 is 2.43 bits per heavy atom. The van der Waals surface area contributed by atoms with E-state index in [0.717, 1.165) is 30.9 Å². The third-order valence-corrected chi connectivity index (χ3v) is 6.53. The van der Waals surface area contributed by atoms with Gasteiger partial charge in [0.05, 0.1) is 11.3 Å². The molecule has 0 radical (unpaired) electrons. The lowest BCUT2D eigenvalue weighted by Gasteiger charge is -2.27. The van der Waals surface area contributed by atoms with Gasteiger partial charge in [-0.15, -0.1) is 0 Å². The van der Waals surface area contributed by atoms with Gasteiger partial charge in [0.1, 0.15) is 17.7 Å². The summed E-state index contributed by atoms with van der Waals surface area (Å²) in [5.74, 6) is -0.285. The van der Waals surface area contributed by atoms with Gasteiger partial charge in [-0.3, -0.25) is 9.69 Å². The van der Waals surface area contributed by atoms with Gasteiger partial charge in [-0.05, 0) is 69.4 Å². The lowest BCUT2D eigenvalue weighted by atomic mass is 10.2. The van der Waals surface area contributed by atoms with Gasteiger partial charge in [-0.1, -0.05) is 31.4 Å². The number of halogens is 3. The van der Waals surface area contributed by atoms with Crippen LogP contribution in [0.3, 0.4) is 0 Å². The van der Waals surface area contributed by atoms with Gasteiger partial charge in [-0.2, -0.15) is 13.2 Å². The maximum Gasteiger partial charge on any atom is 0.417 e. The zero-order valence-corrected chi connectivity index (χ0v) is 24.9. The molecule has 0 aliphatic heterocycles. The Morgan fingerprint density at radius 2 is 1.84 bits per heavy atom. The molecule has 9 nitrogen and oxygen atoms in total. The van der Waals surface area contributed by atoms with Crippen molar-refractivity contribution in [3.63, 3.8) is 0 Å². The van der Waals surface area contributed by atoms with E-state index < -0.39 is 35.0 Å². The highest BCUT2D eigenvalue weighted by atomic mass is 19.4. The van der Waals surface area contributed by atoms with Crippen LogP contribution in [0.5, 0.6) is 0 Å². The highest BCUT2D eigenvalue weighted by molar-refractivity contribution is 5.94. The van der Waals surface area contributed by atoms with Gasteiger partial charge in [0.2, 0.25) is 5.89 Å². The molecule has 0 unspecified atom stereocenters. The Hall–Kier alpha value is -4.87. The summed E-state index contributed by atoms with van der Waals surface area (Å²) < 4.78 is 52.1. The van der Waals surface area contributed by atoms with Gasteiger partial charge in [0.15, 0.2) is 5.69 Å². The minimum Gasteiger partial charge on any atom is -0.444 e. The van der Waals surface area contributed by atoms with Crippen LogP contribution in [0, 0.1) is 5.92 Å². The smallest absolute Gasteiger partial charge is 0.417 e. The highest BCUT2D eigenvalue weighted by Gasteiger charge is 2.36. The second kappa shape index (κ2) is 12.8.